The molecule has 0 saturated carbocycles. The van der Waals surface area contributed by atoms with E-state index in [4.69, 9.17) is 4.74 Å². The van der Waals surface area contributed by atoms with E-state index < -0.39 is 21.9 Å². The Labute approximate surface area is 178 Å². The number of rotatable bonds is 6. The van der Waals surface area contributed by atoms with Crippen LogP contribution in [0.1, 0.15) is 47.2 Å². The molecule has 1 spiro atoms. The van der Waals surface area contributed by atoms with Gasteiger partial charge in [0.25, 0.3) is 6.43 Å². The molecule has 2 aromatic heterocycles. The Hall–Kier alpha value is -1.43. The van der Waals surface area contributed by atoms with E-state index in [-0.39, 0.29) is 23.2 Å². The van der Waals surface area contributed by atoms with Gasteiger partial charge in [-0.3, -0.25) is 9.58 Å². The number of fused-ring (bicyclic) bond motifs is 2. The Morgan fingerprint density at radius 2 is 2.23 bits per heavy atom. The van der Waals surface area contributed by atoms with Crippen molar-refractivity contribution in [2.24, 2.45) is 0 Å². The number of alkyl halides is 2. The molecular formula is C19H26F2N4O3S2. The van der Waals surface area contributed by atoms with Gasteiger partial charge in [0.2, 0.25) is 0 Å². The number of thiophene rings is 1. The van der Waals surface area contributed by atoms with Gasteiger partial charge in [-0.15, -0.1) is 16.4 Å². The molecule has 0 amide bonds. The average Bonchev–Trinajstić information content (AvgIpc) is 3.30. The number of ether oxygens (including phenoxy) is 1. The molecule has 166 valence electrons. The maximum absolute atomic E-state index is 13.2. The number of aromatic nitrogens is 3. The van der Waals surface area contributed by atoms with Gasteiger partial charge in [-0.1, -0.05) is 5.21 Å². The predicted molar refractivity (Wildman–Crippen MR) is 109 cm³/mol. The summed E-state index contributed by atoms with van der Waals surface area (Å²) in [7, 11) is -3.05. The molecule has 0 aromatic carbocycles. The molecule has 2 aromatic rings. The van der Waals surface area contributed by atoms with Crippen LogP contribution in [0.3, 0.4) is 0 Å². The molecule has 1 saturated heterocycles. The van der Waals surface area contributed by atoms with Crippen molar-refractivity contribution in [3.63, 3.8) is 0 Å². The second kappa shape index (κ2) is 8.25. The van der Waals surface area contributed by atoms with Crippen molar-refractivity contribution in [3.8, 4) is 0 Å². The van der Waals surface area contributed by atoms with Crippen molar-refractivity contribution in [2.75, 3.05) is 25.2 Å². The molecule has 2 aliphatic rings. The number of halogens is 2. The van der Waals surface area contributed by atoms with Gasteiger partial charge in [0, 0.05) is 42.9 Å². The zero-order valence-corrected chi connectivity index (χ0v) is 18.7. The molecule has 30 heavy (non-hydrogen) atoms. The van der Waals surface area contributed by atoms with Crippen molar-refractivity contribution in [2.45, 2.75) is 57.3 Å². The van der Waals surface area contributed by atoms with E-state index in [1.54, 1.807) is 16.9 Å². The van der Waals surface area contributed by atoms with E-state index in [1.165, 1.54) is 17.6 Å². The van der Waals surface area contributed by atoms with Crippen LogP contribution in [0.25, 0.3) is 0 Å². The van der Waals surface area contributed by atoms with Crippen LogP contribution in [0.2, 0.25) is 0 Å². The molecule has 2 atom stereocenters. The third-order valence-electron chi connectivity index (χ3n) is 5.94. The topological polar surface area (TPSA) is 77.3 Å². The van der Waals surface area contributed by atoms with Crippen molar-refractivity contribution < 1.29 is 21.9 Å². The maximum Gasteiger partial charge on any atom is 0.272 e. The summed E-state index contributed by atoms with van der Waals surface area (Å²) < 4.78 is 56.9. The van der Waals surface area contributed by atoms with E-state index in [1.807, 2.05) is 0 Å². The zero-order chi connectivity index (χ0) is 21.5. The molecule has 0 unspecified atom stereocenters. The molecule has 4 heterocycles. The average molecular weight is 461 g/mol. The fraction of sp³-hybridized carbons (Fsp3) is 0.684. The van der Waals surface area contributed by atoms with Crippen LogP contribution < -0.4 is 0 Å². The van der Waals surface area contributed by atoms with E-state index in [0.717, 1.165) is 35.5 Å². The lowest BCUT2D eigenvalue weighted by Gasteiger charge is -2.47. The highest BCUT2D eigenvalue weighted by Gasteiger charge is 2.44. The normalized spacial score (nSPS) is 25.2. The van der Waals surface area contributed by atoms with Gasteiger partial charge >= 0.3 is 0 Å². The second-order valence-corrected chi connectivity index (χ2v) is 11.7. The molecule has 11 heteroatoms. The number of nitrogens with zero attached hydrogens (tertiary/aromatic N) is 4. The summed E-state index contributed by atoms with van der Waals surface area (Å²) in [6, 6.07) is 1.83. The first kappa shape index (κ1) is 21.8. The summed E-state index contributed by atoms with van der Waals surface area (Å²) in [5.41, 5.74) is 1.25. The van der Waals surface area contributed by atoms with Crippen LogP contribution in [-0.2, 0) is 39.7 Å². The molecule has 0 bridgehead atoms. The fourth-order valence-corrected chi connectivity index (χ4v) is 6.01. The first-order chi connectivity index (χ1) is 14.2. The minimum atomic E-state index is -3.05. The van der Waals surface area contributed by atoms with Gasteiger partial charge in [-0.05, 0) is 31.4 Å². The van der Waals surface area contributed by atoms with Gasteiger partial charge < -0.3 is 4.74 Å². The van der Waals surface area contributed by atoms with Crippen molar-refractivity contribution >= 4 is 21.2 Å². The highest BCUT2D eigenvalue weighted by Crippen LogP contribution is 2.47. The summed E-state index contributed by atoms with van der Waals surface area (Å²) >= 11 is 1.22. The third-order valence-corrected chi connectivity index (χ3v) is 8.06. The number of piperidine rings is 1. The summed E-state index contributed by atoms with van der Waals surface area (Å²) in [5, 5.41) is 8.19. The Morgan fingerprint density at radius 3 is 2.93 bits per heavy atom. The van der Waals surface area contributed by atoms with Gasteiger partial charge in [-0.25, -0.2) is 17.2 Å². The molecule has 7 nitrogen and oxygen atoms in total. The van der Waals surface area contributed by atoms with Gasteiger partial charge in [0.1, 0.15) is 9.84 Å². The van der Waals surface area contributed by atoms with Gasteiger partial charge in [0.05, 0.1) is 35.1 Å². The number of hydrogen-bond acceptors (Lipinski definition) is 7. The fourth-order valence-electron chi connectivity index (χ4n) is 4.40. The maximum atomic E-state index is 13.2. The number of likely N-dealkylation sites (tertiary alicyclic amines) is 1. The van der Waals surface area contributed by atoms with Crippen LogP contribution in [0.4, 0.5) is 8.78 Å². The summed E-state index contributed by atoms with van der Waals surface area (Å²) in [5.74, 6) is 0.0271. The molecule has 0 radical (unpaired) electrons. The van der Waals surface area contributed by atoms with Gasteiger partial charge in [0.15, 0.2) is 0 Å². The van der Waals surface area contributed by atoms with E-state index in [2.05, 4.69) is 22.1 Å². The molecule has 1 fully saturated rings. The summed E-state index contributed by atoms with van der Waals surface area (Å²) in [4.78, 5) is 3.45. The van der Waals surface area contributed by atoms with Crippen LogP contribution in [-0.4, -0.2) is 59.5 Å². The molecule has 2 aliphatic heterocycles. The quantitative estimate of drug-likeness (QED) is 0.660. The smallest absolute Gasteiger partial charge is 0.272 e. The molecule has 0 aliphatic carbocycles. The number of aryl methyl sites for hydroxylation is 1. The highest BCUT2D eigenvalue weighted by molar-refractivity contribution is 7.90. The standard InChI is InChI=1S/C19H26F2N4O3S2/c1-13-10-19(15-9-17(18(20)21)29-16(15)3-7-28-19)4-5-24(13)11-14-12-25(23-22-14)6-8-30(2,26)27/h9,12-13,18H,3-8,10-11H2,1-2H3/t13-,19+/m0/s1. The van der Waals surface area contributed by atoms with Crippen LogP contribution in [0, 0.1) is 0 Å². The lowest BCUT2D eigenvalue weighted by Crippen LogP contribution is -2.50. The summed E-state index contributed by atoms with van der Waals surface area (Å²) in [6.07, 6.45) is 2.72. The number of sulfone groups is 1. The first-order valence-electron chi connectivity index (χ1n) is 10.0. The van der Waals surface area contributed by atoms with Crippen molar-refractivity contribution in [1.82, 2.24) is 19.9 Å². The Kier molecular flexibility index (Phi) is 5.99. The van der Waals surface area contributed by atoms with E-state index in [9.17, 15) is 17.2 Å². The lowest BCUT2D eigenvalue weighted by atomic mass is 9.79. The van der Waals surface area contributed by atoms with Crippen LogP contribution in [0.15, 0.2) is 12.3 Å². The Morgan fingerprint density at radius 1 is 1.43 bits per heavy atom. The lowest BCUT2D eigenvalue weighted by molar-refractivity contribution is -0.112. The monoisotopic (exact) mass is 460 g/mol. The Bertz CT molecular complexity index is 1010. The van der Waals surface area contributed by atoms with E-state index in [0.29, 0.717) is 19.6 Å². The third kappa shape index (κ3) is 4.58. The van der Waals surface area contributed by atoms with Crippen molar-refractivity contribution in [1.29, 1.82) is 0 Å². The SMILES string of the molecule is C[C@H]1C[C@@]2(CCN1Cc1cn(CCS(C)(=O)=O)nn1)OCCc1sc(C(F)F)cc12. The first-order valence-corrected chi connectivity index (χ1v) is 12.9. The summed E-state index contributed by atoms with van der Waals surface area (Å²) in [6.45, 7) is 4.34. The zero-order valence-electron chi connectivity index (χ0n) is 17.1. The van der Waals surface area contributed by atoms with E-state index >= 15 is 0 Å². The van der Waals surface area contributed by atoms with Crippen molar-refractivity contribution in [3.05, 3.63) is 33.3 Å². The molecule has 4 rings (SSSR count). The predicted octanol–water partition coefficient (Wildman–Crippen LogP) is 2.77. The largest absolute Gasteiger partial charge is 0.370 e. The minimum absolute atomic E-state index is 0.0271. The molecule has 0 N–H and O–H groups in total. The Balaban J connectivity index is 1.43. The minimum Gasteiger partial charge on any atom is -0.370 e. The van der Waals surface area contributed by atoms with Crippen LogP contribution >= 0.6 is 11.3 Å². The molecular weight excluding hydrogens is 434 g/mol. The second-order valence-electron chi connectivity index (χ2n) is 8.26. The van der Waals surface area contributed by atoms with Gasteiger partial charge in [-0.2, -0.15) is 0 Å². The number of hydrogen-bond donors (Lipinski definition) is 0. The highest BCUT2D eigenvalue weighted by atomic mass is 32.2. The van der Waals surface area contributed by atoms with Crippen LogP contribution in [0.5, 0.6) is 0 Å².